The van der Waals surface area contributed by atoms with Crippen LogP contribution in [-0.2, 0) is 9.59 Å². The summed E-state index contributed by atoms with van der Waals surface area (Å²) in [5.74, 6) is -0.300. The molecule has 6 nitrogen and oxygen atoms in total. The number of rotatable bonds is 4. The summed E-state index contributed by atoms with van der Waals surface area (Å²) in [4.78, 5) is 41.7. The van der Waals surface area contributed by atoms with Gasteiger partial charge >= 0.3 is 0 Å². The number of hydrogen-bond donors (Lipinski definition) is 1. The fraction of sp³-hybridized carbons (Fsp3) is 0.318. The summed E-state index contributed by atoms with van der Waals surface area (Å²) in [6, 6.07) is 12.8. The summed E-state index contributed by atoms with van der Waals surface area (Å²) in [5, 5.41) is 2.89. The number of carbonyl (C=O) groups is 3. The van der Waals surface area contributed by atoms with E-state index < -0.39 is 5.66 Å². The Morgan fingerprint density at radius 1 is 1.21 bits per heavy atom. The van der Waals surface area contributed by atoms with Gasteiger partial charge in [0.25, 0.3) is 5.91 Å². The molecule has 0 bridgehead atoms. The molecule has 150 valence electrons. The van der Waals surface area contributed by atoms with E-state index in [0.717, 1.165) is 15.7 Å². The maximum atomic E-state index is 13.2. The zero-order valence-electron chi connectivity index (χ0n) is 16.4. The number of benzene rings is 2. The SMILES string of the molecule is Cc1cc(NC(=O)CCN2C(=O)c3ccccc3N3C(=O)CCC23C)ccc1Br. The van der Waals surface area contributed by atoms with Crippen molar-refractivity contribution in [2.45, 2.75) is 38.8 Å². The van der Waals surface area contributed by atoms with Crippen molar-refractivity contribution in [3.8, 4) is 0 Å². The highest BCUT2D eigenvalue weighted by atomic mass is 79.9. The molecule has 29 heavy (non-hydrogen) atoms. The molecule has 0 aliphatic carbocycles. The van der Waals surface area contributed by atoms with Crippen molar-refractivity contribution in [1.82, 2.24) is 4.90 Å². The van der Waals surface area contributed by atoms with E-state index in [0.29, 0.717) is 24.1 Å². The fourth-order valence-corrected chi connectivity index (χ4v) is 4.45. The lowest BCUT2D eigenvalue weighted by molar-refractivity contribution is -0.117. The van der Waals surface area contributed by atoms with Gasteiger partial charge in [0.2, 0.25) is 11.8 Å². The third kappa shape index (κ3) is 3.33. The minimum atomic E-state index is -0.739. The molecule has 0 radical (unpaired) electrons. The van der Waals surface area contributed by atoms with E-state index in [9.17, 15) is 14.4 Å². The first-order valence-electron chi connectivity index (χ1n) is 9.61. The van der Waals surface area contributed by atoms with E-state index in [-0.39, 0.29) is 30.7 Å². The van der Waals surface area contributed by atoms with E-state index in [1.165, 1.54) is 0 Å². The van der Waals surface area contributed by atoms with Gasteiger partial charge in [0.15, 0.2) is 0 Å². The van der Waals surface area contributed by atoms with E-state index in [4.69, 9.17) is 0 Å². The van der Waals surface area contributed by atoms with Crippen molar-refractivity contribution in [3.05, 3.63) is 58.1 Å². The average molecular weight is 456 g/mol. The maximum Gasteiger partial charge on any atom is 0.257 e. The smallest absolute Gasteiger partial charge is 0.257 e. The molecule has 1 unspecified atom stereocenters. The highest BCUT2D eigenvalue weighted by molar-refractivity contribution is 9.10. The molecule has 1 fully saturated rings. The molecule has 1 atom stereocenters. The van der Waals surface area contributed by atoms with Crippen molar-refractivity contribution in [2.75, 3.05) is 16.8 Å². The van der Waals surface area contributed by atoms with Gasteiger partial charge in [-0.25, -0.2) is 0 Å². The monoisotopic (exact) mass is 455 g/mol. The van der Waals surface area contributed by atoms with Gasteiger partial charge in [-0.2, -0.15) is 0 Å². The number of carbonyl (C=O) groups excluding carboxylic acids is 3. The van der Waals surface area contributed by atoms with Crippen LogP contribution in [0.25, 0.3) is 0 Å². The van der Waals surface area contributed by atoms with Crippen LogP contribution in [0, 0.1) is 6.92 Å². The fourth-order valence-electron chi connectivity index (χ4n) is 4.20. The number of hydrogen-bond acceptors (Lipinski definition) is 3. The van der Waals surface area contributed by atoms with Crippen molar-refractivity contribution in [2.24, 2.45) is 0 Å². The van der Waals surface area contributed by atoms with Crippen LogP contribution in [0.1, 0.15) is 42.1 Å². The lowest BCUT2D eigenvalue weighted by atomic mass is 9.98. The Morgan fingerprint density at radius 2 is 1.97 bits per heavy atom. The summed E-state index contributed by atoms with van der Waals surface area (Å²) < 4.78 is 0.979. The molecule has 3 amide bonds. The molecular weight excluding hydrogens is 434 g/mol. The summed E-state index contributed by atoms with van der Waals surface area (Å²) in [7, 11) is 0. The second-order valence-corrected chi connectivity index (χ2v) is 8.54. The Labute approximate surface area is 178 Å². The van der Waals surface area contributed by atoms with Gasteiger partial charge in [0.1, 0.15) is 5.66 Å². The topological polar surface area (TPSA) is 69.7 Å². The van der Waals surface area contributed by atoms with Crippen molar-refractivity contribution in [3.63, 3.8) is 0 Å². The van der Waals surface area contributed by atoms with Gasteiger partial charge in [-0.1, -0.05) is 28.1 Å². The molecule has 4 rings (SSSR count). The molecule has 7 heteroatoms. The molecule has 2 aromatic carbocycles. The Morgan fingerprint density at radius 3 is 2.72 bits per heavy atom. The van der Waals surface area contributed by atoms with Crippen LogP contribution in [0.4, 0.5) is 11.4 Å². The zero-order valence-corrected chi connectivity index (χ0v) is 18.0. The summed E-state index contributed by atoms with van der Waals surface area (Å²) in [6.45, 7) is 4.10. The summed E-state index contributed by atoms with van der Waals surface area (Å²) in [5.41, 5.74) is 2.17. The van der Waals surface area contributed by atoms with Crippen molar-refractivity contribution < 1.29 is 14.4 Å². The number of anilines is 2. The molecular formula is C22H22BrN3O3. The van der Waals surface area contributed by atoms with E-state index in [1.807, 2.05) is 44.2 Å². The molecule has 2 aliphatic heterocycles. The number of amides is 3. The van der Waals surface area contributed by atoms with Gasteiger partial charge in [-0.3, -0.25) is 19.3 Å². The molecule has 1 N–H and O–H groups in total. The highest BCUT2D eigenvalue weighted by Gasteiger charge is 2.52. The van der Waals surface area contributed by atoms with Gasteiger partial charge in [0, 0.05) is 29.5 Å². The lowest BCUT2D eigenvalue weighted by Crippen LogP contribution is -2.62. The van der Waals surface area contributed by atoms with Crippen LogP contribution in [0.3, 0.4) is 0 Å². The second-order valence-electron chi connectivity index (χ2n) is 7.68. The molecule has 1 saturated heterocycles. The quantitative estimate of drug-likeness (QED) is 0.754. The van der Waals surface area contributed by atoms with Crippen LogP contribution in [0.2, 0.25) is 0 Å². The summed E-state index contributed by atoms with van der Waals surface area (Å²) >= 11 is 3.45. The normalized spacial score (nSPS) is 20.5. The summed E-state index contributed by atoms with van der Waals surface area (Å²) in [6.07, 6.45) is 1.10. The number of fused-ring (bicyclic) bond motifs is 3. The van der Waals surface area contributed by atoms with Gasteiger partial charge in [-0.15, -0.1) is 0 Å². The second kappa shape index (κ2) is 7.30. The molecule has 0 saturated carbocycles. The van der Waals surface area contributed by atoms with Crippen LogP contribution in [0.5, 0.6) is 0 Å². The Bertz CT molecular complexity index is 1020. The number of nitrogens with one attached hydrogen (secondary N) is 1. The van der Waals surface area contributed by atoms with Gasteiger partial charge in [-0.05, 0) is 56.2 Å². The van der Waals surface area contributed by atoms with Crippen molar-refractivity contribution >= 4 is 45.0 Å². The molecule has 2 heterocycles. The number of nitrogens with zero attached hydrogens (tertiary/aromatic N) is 2. The Balaban J connectivity index is 1.53. The highest BCUT2D eigenvalue weighted by Crippen LogP contribution is 2.43. The lowest BCUT2D eigenvalue weighted by Gasteiger charge is -2.48. The number of halogens is 1. The molecule has 2 aromatic rings. The van der Waals surface area contributed by atoms with Crippen molar-refractivity contribution in [1.29, 1.82) is 0 Å². The Kier molecular flexibility index (Phi) is 4.94. The first kappa shape index (κ1) is 19.6. The standard InChI is InChI=1S/C22H22BrN3O3/c1-14-13-15(7-8-17(14)23)24-19(27)10-12-25-21(29)16-5-3-4-6-18(16)26-20(28)9-11-22(25,26)2/h3-8,13H,9-12H2,1-2H3,(H,24,27). The Hall–Kier alpha value is -2.67. The number of para-hydroxylation sites is 1. The van der Waals surface area contributed by atoms with Crippen LogP contribution in [0.15, 0.2) is 46.9 Å². The largest absolute Gasteiger partial charge is 0.326 e. The predicted octanol–water partition coefficient (Wildman–Crippen LogP) is 4.09. The predicted molar refractivity (Wildman–Crippen MR) is 115 cm³/mol. The number of aryl methyl sites for hydroxylation is 1. The third-order valence-electron chi connectivity index (χ3n) is 5.75. The molecule has 2 aliphatic rings. The van der Waals surface area contributed by atoms with Crippen LogP contribution < -0.4 is 10.2 Å². The van der Waals surface area contributed by atoms with Crippen LogP contribution >= 0.6 is 15.9 Å². The zero-order chi connectivity index (χ0) is 20.8. The van der Waals surface area contributed by atoms with E-state index >= 15 is 0 Å². The van der Waals surface area contributed by atoms with E-state index in [2.05, 4.69) is 21.2 Å². The molecule has 0 spiro atoms. The third-order valence-corrected chi connectivity index (χ3v) is 6.64. The molecule has 0 aromatic heterocycles. The first-order valence-corrected chi connectivity index (χ1v) is 10.4. The van der Waals surface area contributed by atoms with Crippen LogP contribution in [-0.4, -0.2) is 34.8 Å². The maximum absolute atomic E-state index is 13.2. The van der Waals surface area contributed by atoms with Gasteiger partial charge in [0.05, 0.1) is 11.3 Å². The minimum Gasteiger partial charge on any atom is -0.326 e. The minimum absolute atomic E-state index is 0.00670. The van der Waals surface area contributed by atoms with Gasteiger partial charge < -0.3 is 10.2 Å². The van der Waals surface area contributed by atoms with E-state index in [1.54, 1.807) is 21.9 Å². The average Bonchev–Trinajstić information content (AvgIpc) is 3.00. The first-order chi connectivity index (χ1) is 13.8.